The molecule has 1 heterocycles. The second-order valence-electron chi connectivity index (χ2n) is 4.37. The second kappa shape index (κ2) is 4.44. The molecule has 4 heteroatoms. The summed E-state index contributed by atoms with van der Waals surface area (Å²) in [5.41, 5.74) is 7.75. The van der Waals surface area contributed by atoms with Crippen molar-refractivity contribution in [1.82, 2.24) is 9.55 Å². The van der Waals surface area contributed by atoms with Gasteiger partial charge in [0.25, 0.3) is 0 Å². The average Bonchev–Trinajstić information content (AvgIpc) is 2.55. The van der Waals surface area contributed by atoms with Gasteiger partial charge in [-0.1, -0.05) is 25.4 Å². The summed E-state index contributed by atoms with van der Waals surface area (Å²) in [5.74, 6) is 1.49. The van der Waals surface area contributed by atoms with Gasteiger partial charge in [0.2, 0.25) is 0 Å². The van der Waals surface area contributed by atoms with Gasteiger partial charge in [0.05, 0.1) is 17.6 Å². The zero-order valence-electron chi connectivity index (χ0n) is 9.57. The quantitative estimate of drug-likeness (QED) is 0.892. The minimum atomic E-state index is 0.457. The monoisotopic (exact) mass is 237 g/mol. The summed E-state index contributed by atoms with van der Waals surface area (Å²) < 4.78 is 2.18. The van der Waals surface area contributed by atoms with Crippen LogP contribution in [0.3, 0.4) is 0 Å². The van der Waals surface area contributed by atoms with Gasteiger partial charge in [-0.25, -0.2) is 4.98 Å². The molecule has 86 valence electrons. The molecular formula is C12H16ClN3. The second-order valence-corrected chi connectivity index (χ2v) is 4.81. The van der Waals surface area contributed by atoms with Gasteiger partial charge in [-0.05, 0) is 24.1 Å². The van der Waals surface area contributed by atoms with Gasteiger partial charge in [-0.3, -0.25) is 0 Å². The number of fused-ring (bicyclic) bond motifs is 1. The Morgan fingerprint density at radius 3 is 2.81 bits per heavy atom. The molecule has 2 rings (SSSR count). The first-order valence-electron chi connectivity index (χ1n) is 5.46. The van der Waals surface area contributed by atoms with Crippen molar-refractivity contribution in [2.45, 2.75) is 26.9 Å². The normalized spacial score (nSPS) is 11.6. The number of nitrogens with two attached hydrogens (primary N) is 1. The number of hydrogen-bond acceptors (Lipinski definition) is 2. The molecule has 0 bridgehead atoms. The molecule has 1 aromatic carbocycles. The van der Waals surface area contributed by atoms with E-state index in [4.69, 9.17) is 17.3 Å². The number of nitrogens with zero attached hydrogens (tertiary/aromatic N) is 2. The Balaban J connectivity index is 2.59. The first kappa shape index (κ1) is 11.4. The van der Waals surface area contributed by atoms with Crippen molar-refractivity contribution in [2.24, 2.45) is 11.7 Å². The largest absolute Gasteiger partial charge is 0.327 e. The van der Waals surface area contributed by atoms with Gasteiger partial charge in [-0.15, -0.1) is 0 Å². The van der Waals surface area contributed by atoms with Gasteiger partial charge in [0.15, 0.2) is 0 Å². The Kier molecular flexibility index (Phi) is 3.17. The summed E-state index contributed by atoms with van der Waals surface area (Å²) in [5, 5.41) is 0.713. The Labute approximate surface area is 100 Å². The predicted octanol–water partition coefficient (Wildman–Crippen LogP) is 2.80. The van der Waals surface area contributed by atoms with E-state index in [2.05, 4.69) is 23.4 Å². The molecule has 2 aromatic rings. The van der Waals surface area contributed by atoms with E-state index in [1.165, 1.54) is 0 Å². The van der Waals surface area contributed by atoms with Crippen LogP contribution in [0, 0.1) is 5.92 Å². The highest BCUT2D eigenvalue weighted by Gasteiger charge is 2.10. The molecule has 0 amide bonds. The molecule has 0 saturated heterocycles. The van der Waals surface area contributed by atoms with Crippen molar-refractivity contribution in [3.63, 3.8) is 0 Å². The van der Waals surface area contributed by atoms with E-state index in [1.807, 2.05) is 18.2 Å². The van der Waals surface area contributed by atoms with Crippen LogP contribution in [-0.2, 0) is 13.1 Å². The smallest absolute Gasteiger partial charge is 0.123 e. The van der Waals surface area contributed by atoms with Gasteiger partial charge < -0.3 is 10.3 Å². The number of rotatable bonds is 3. The lowest BCUT2D eigenvalue weighted by Gasteiger charge is -2.10. The van der Waals surface area contributed by atoms with E-state index < -0.39 is 0 Å². The minimum Gasteiger partial charge on any atom is -0.327 e. The SMILES string of the molecule is CC(C)Cn1c(CN)nc2cc(Cl)ccc21. The maximum absolute atomic E-state index is 5.95. The maximum atomic E-state index is 5.95. The molecule has 0 aliphatic rings. The lowest BCUT2D eigenvalue weighted by molar-refractivity contribution is 0.517. The average molecular weight is 238 g/mol. The fraction of sp³-hybridized carbons (Fsp3) is 0.417. The third-order valence-electron chi connectivity index (χ3n) is 2.52. The maximum Gasteiger partial charge on any atom is 0.123 e. The molecule has 16 heavy (non-hydrogen) atoms. The molecule has 0 atom stereocenters. The van der Waals surface area contributed by atoms with Crippen molar-refractivity contribution < 1.29 is 0 Å². The summed E-state index contributed by atoms with van der Waals surface area (Å²) in [6.07, 6.45) is 0. The Hall–Kier alpha value is -1.06. The molecule has 0 saturated carbocycles. The number of imidazole rings is 1. The van der Waals surface area contributed by atoms with E-state index in [-0.39, 0.29) is 0 Å². The highest BCUT2D eigenvalue weighted by atomic mass is 35.5. The van der Waals surface area contributed by atoms with Crippen LogP contribution in [-0.4, -0.2) is 9.55 Å². The zero-order valence-corrected chi connectivity index (χ0v) is 10.3. The fourth-order valence-corrected chi connectivity index (χ4v) is 2.04. The summed E-state index contributed by atoms with van der Waals surface area (Å²) in [6, 6.07) is 5.78. The lowest BCUT2D eigenvalue weighted by atomic mass is 10.2. The number of halogens is 1. The van der Waals surface area contributed by atoms with Crippen LogP contribution >= 0.6 is 11.6 Å². The van der Waals surface area contributed by atoms with Crippen LogP contribution in [0.25, 0.3) is 11.0 Å². The van der Waals surface area contributed by atoms with Crippen LogP contribution in [0.15, 0.2) is 18.2 Å². The highest BCUT2D eigenvalue weighted by molar-refractivity contribution is 6.31. The molecule has 0 aliphatic carbocycles. The lowest BCUT2D eigenvalue weighted by Crippen LogP contribution is -2.11. The third-order valence-corrected chi connectivity index (χ3v) is 2.75. The van der Waals surface area contributed by atoms with Crippen molar-refractivity contribution in [2.75, 3.05) is 0 Å². The van der Waals surface area contributed by atoms with Crippen LogP contribution in [0.4, 0.5) is 0 Å². The molecular weight excluding hydrogens is 222 g/mol. The third kappa shape index (κ3) is 2.06. The Bertz CT molecular complexity index is 502. The first-order chi connectivity index (χ1) is 7.61. The standard InChI is InChI=1S/C12H16ClN3/c1-8(2)7-16-11-4-3-9(13)5-10(11)15-12(16)6-14/h3-5,8H,6-7,14H2,1-2H3. The molecule has 2 N–H and O–H groups in total. The molecule has 0 fully saturated rings. The summed E-state index contributed by atoms with van der Waals surface area (Å²) in [4.78, 5) is 4.50. The minimum absolute atomic E-state index is 0.457. The Morgan fingerprint density at radius 2 is 2.19 bits per heavy atom. The van der Waals surface area contributed by atoms with Gasteiger partial charge in [0.1, 0.15) is 5.82 Å². The predicted molar refractivity (Wildman–Crippen MR) is 67.5 cm³/mol. The molecule has 0 spiro atoms. The zero-order chi connectivity index (χ0) is 11.7. The van der Waals surface area contributed by atoms with E-state index >= 15 is 0 Å². The summed E-state index contributed by atoms with van der Waals surface area (Å²) in [6.45, 7) is 5.76. The first-order valence-corrected chi connectivity index (χ1v) is 5.84. The molecule has 1 aromatic heterocycles. The van der Waals surface area contributed by atoms with Crippen LogP contribution in [0.5, 0.6) is 0 Å². The van der Waals surface area contributed by atoms with E-state index in [9.17, 15) is 0 Å². The van der Waals surface area contributed by atoms with Gasteiger partial charge in [0, 0.05) is 11.6 Å². The van der Waals surface area contributed by atoms with Crippen molar-refractivity contribution >= 4 is 22.6 Å². The topological polar surface area (TPSA) is 43.8 Å². The van der Waals surface area contributed by atoms with E-state index in [0.717, 1.165) is 23.4 Å². The summed E-state index contributed by atoms with van der Waals surface area (Å²) in [7, 11) is 0. The fourth-order valence-electron chi connectivity index (χ4n) is 1.88. The number of benzene rings is 1. The molecule has 3 nitrogen and oxygen atoms in total. The van der Waals surface area contributed by atoms with Crippen LogP contribution < -0.4 is 5.73 Å². The van der Waals surface area contributed by atoms with Crippen molar-refractivity contribution in [1.29, 1.82) is 0 Å². The van der Waals surface area contributed by atoms with Crippen LogP contribution in [0.1, 0.15) is 19.7 Å². The summed E-state index contributed by atoms with van der Waals surface area (Å²) >= 11 is 5.95. The molecule has 0 aliphatic heterocycles. The van der Waals surface area contributed by atoms with Crippen molar-refractivity contribution in [3.05, 3.63) is 29.0 Å². The Morgan fingerprint density at radius 1 is 1.44 bits per heavy atom. The van der Waals surface area contributed by atoms with Crippen LogP contribution in [0.2, 0.25) is 5.02 Å². The van der Waals surface area contributed by atoms with Gasteiger partial charge in [-0.2, -0.15) is 0 Å². The number of aromatic nitrogens is 2. The van der Waals surface area contributed by atoms with E-state index in [1.54, 1.807) is 0 Å². The van der Waals surface area contributed by atoms with E-state index in [0.29, 0.717) is 17.5 Å². The molecule has 0 radical (unpaired) electrons. The van der Waals surface area contributed by atoms with Crippen molar-refractivity contribution in [3.8, 4) is 0 Å². The number of hydrogen-bond donors (Lipinski definition) is 1. The highest BCUT2D eigenvalue weighted by Crippen LogP contribution is 2.21. The van der Waals surface area contributed by atoms with Gasteiger partial charge >= 0.3 is 0 Å². The molecule has 0 unspecified atom stereocenters.